The zero-order valence-electron chi connectivity index (χ0n) is 13.7. The van der Waals surface area contributed by atoms with Crippen LogP contribution in [0.25, 0.3) is 0 Å². The molecule has 2 rings (SSSR count). The molecule has 1 unspecified atom stereocenters. The van der Waals surface area contributed by atoms with Crippen molar-refractivity contribution in [3.05, 3.63) is 54.1 Å². The Morgan fingerprint density at radius 2 is 1.96 bits per heavy atom. The van der Waals surface area contributed by atoms with E-state index in [1.165, 1.54) is 6.21 Å². The maximum atomic E-state index is 12.0. The highest BCUT2D eigenvalue weighted by Crippen LogP contribution is 2.16. The first-order valence-corrected chi connectivity index (χ1v) is 7.70. The lowest BCUT2D eigenvalue weighted by Gasteiger charge is -2.14. The molecular formula is C18H21N3O3. The van der Waals surface area contributed by atoms with Gasteiger partial charge in [0.1, 0.15) is 17.5 Å². The van der Waals surface area contributed by atoms with Crippen LogP contribution in [-0.4, -0.2) is 29.9 Å². The van der Waals surface area contributed by atoms with Gasteiger partial charge in [-0.05, 0) is 50.2 Å². The number of carbonyl (C=O) groups is 1. The number of phenols is 1. The van der Waals surface area contributed by atoms with Gasteiger partial charge in [0, 0.05) is 11.3 Å². The van der Waals surface area contributed by atoms with E-state index in [4.69, 9.17) is 4.74 Å². The highest BCUT2D eigenvalue weighted by Gasteiger charge is 2.11. The first-order chi connectivity index (χ1) is 11.6. The summed E-state index contributed by atoms with van der Waals surface area (Å²) in [4.78, 5) is 12.0. The fourth-order valence-electron chi connectivity index (χ4n) is 1.99. The van der Waals surface area contributed by atoms with Crippen LogP contribution in [0.4, 0.5) is 5.69 Å². The van der Waals surface area contributed by atoms with Crippen molar-refractivity contribution in [2.75, 3.05) is 11.9 Å². The van der Waals surface area contributed by atoms with Crippen LogP contribution < -0.4 is 15.5 Å². The standard InChI is InChI=1S/C18H21N3O3/c1-3-24-16-10-8-15(9-11-16)20-13(2)18(23)21-19-12-14-6-4-5-7-17(14)22/h4-13,20,22H,3H2,1-2H3,(H,21,23)/b19-12+. The molecule has 0 fully saturated rings. The second kappa shape index (κ2) is 8.57. The molecule has 0 radical (unpaired) electrons. The number of carbonyl (C=O) groups excluding carboxylic acids is 1. The molecular weight excluding hydrogens is 306 g/mol. The van der Waals surface area contributed by atoms with E-state index in [1.807, 2.05) is 31.2 Å². The SMILES string of the molecule is CCOc1ccc(NC(C)C(=O)N/N=C/c2ccccc2O)cc1. The van der Waals surface area contributed by atoms with Crippen LogP contribution in [0.5, 0.6) is 11.5 Å². The molecule has 0 aromatic heterocycles. The fourth-order valence-corrected chi connectivity index (χ4v) is 1.99. The minimum atomic E-state index is -0.468. The summed E-state index contributed by atoms with van der Waals surface area (Å²) in [6, 6.07) is 13.7. The molecule has 0 bridgehead atoms. The molecule has 0 saturated carbocycles. The summed E-state index contributed by atoms with van der Waals surface area (Å²) >= 11 is 0. The van der Waals surface area contributed by atoms with Gasteiger partial charge in [-0.3, -0.25) is 4.79 Å². The molecule has 3 N–H and O–H groups in total. The van der Waals surface area contributed by atoms with Gasteiger partial charge >= 0.3 is 0 Å². The van der Waals surface area contributed by atoms with Crippen molar-refractivity contribution in [1.82, 2.24) is 5.43 Å². The van der Waals surface area contributed by atoms with Crippen molar-refractivity contribution in [3.63, 3.8) is 0 Å². The number of aromatic hydroxyl groups is 1. The molecule has 24 heavy (non-hydrogen) atoms. The van der Waals surface area contributed by atoms with E-state index in [9.17, 15) is 9.90 Å². The summed E-state index contributed by atoms with van der Waals surface area (Å²) in [6.07, 6.45) is 1.40. The summed E-state index contributed by atoms with van der Waals surface area (Å²) in [5.41, 5.74) is 3.79. The molecule has 0 aliphatic heterocycles. The van der Waals surface area contributed by atoms with E-state index >= 15 is 0 Å². The first kappa shape index (κ1) is 17.3. The Balaban J connectivity index is 1.86. The monoisotopic (exact) mass is 327 g/mol. The smallest absolute Gasteiger partial charge is 0.262 e. The Kier molecular flexibility index (Phi) is 6.19. The molecule has 2 aromatic carbocycles. The van der Waals surface area contributed by atoms with Crippen LogP contribution in [0.2, 0.25) is 0 Å². The molecule has 6 heteroatoms. The molecule has 1 atom stereocenters. The van der Waals surface area contributed by atoms with Crippen LogP contribution in [0, 0.1) is 0 Å². The fraction of sp³-hybridized carbons (Fsp3) is 0.222. The molecule has 2 aromatic rings. The van der Waals surface area contributed by atoms with Crippen LogP contribution in [0.15, 0.2) is 53.6 Å². The topological polar surface area (TPSA) is 83.0 Å². The van der Waals surface area contributed by atoms with Gasteiger partial charge in [-0.2, -0.15) is 5.10 Å². The summed E-state index contributed by atoms with van der Waals surface area (Å²) in [5, 5.41) is 16.6. The van der Waals surface area contributed by atoms with Gasteiger partial charge in [0.25, 0.3) is 5.91 Å². The minimum absolute atomic E-state index is 0.107. The molecule has 0 heterocycles. The highest BCUT2D eigenvalue weighted by molar-refractivity contribution is 5.87. The molecule has 0 aliphatic rings. The second-order valence-electron chi connectivity index (χ2n) is 5.12. The number of rotatable bonds is 7. The van der Waals surface area contributed by atoms with E-state index in [0.717, 1.165) is 11.4 Å². The average Bonchev–Trinajstić information content (AvgIpc) is 2.58. The molecule has 126 valence electrons. The second-order valence-corrected chi connectivity index (χ2v) is 5.12. The number of para-hydroxylation sites is 1. The molecule has 0 saturated heterocycles. The largest absolute Gasteiger partial charge is 0.507 e. The van der Waals surface area contributed by atoms with Gasteiger partial charge in [0.2, 0.25) is 0 Å². The van der Waals surface area contributed by atoms with Gasteiger partial charge in [-0.15, -0.1) is 0 Å². The molecule has 0 aliphatic carbocycles. The van der Waals surface area contributed by atoms with E-state index in [0.29, 0.717) is 12.2 Å². The van der Waals surface area contributed by atoms with Gasteiger partial charge in [0.05, 0.1) is 12.8 Å². The normalized spacial score (nSPS) is 11.9. The van der Waals surface area contributed by atoms with Crippen LogP contribution in [0.1, 0.15) is 19.4 Å². The summed E-state index contributed by atoms with van der Waals surface area (Å²) in [5.74, 6) is 0.610. The number of nitrogens with one attached hydrogen (secondary N) is 2. The van der Waals surface area contributed by atoms with E-state index in [-0.39, 0.29) is 11.7 Å². The van der Waals surface area contributed by atoms with Crippen molar-refractivity contribution in [2.45, 2.75) is 19.9 Å². The van der Waals surface area contributed by atoms with E-state index in [2.05, 4.69) is 15.8 Å². The Labute approximate surface area is 141 Å². The summed E-state index contributed by atoms with van der Waals surface area (Å²) in [7, 11) is 0. The van der Waals surface area contributed by atoms with Crippen LogP contribution in [0.3, 0.4) is 0 Å². The number of hydrazone groups is 1. The molecule has 6 nitrogen and oxygen atoms in total. The Bertz CT molecular complexity index is 699. The van der Waals surface area contributed by atoms with Gasteiger partial charge in [-0.1, -0.05) is 12.1 Å². The maximum absolute atomic E-state index is 12.0. The highest BCUT2D eigenvalue weighted by atomic mass is 16.5. The predicted octanol–water partition coefficient (Wildman–Crippen LogP) is 2.74. The lowest BCUT2D eigenvalue weighted by Crippen LogP contribution is -2.34. The average molecular weight is 327 g/mol. The zero-order valence-corrected chi connectivity index (χ0v) is 13.7. The van der Waals surface area contributed by atoms with Crippen molar-refractivity contribution in [3.8, 4) is 11.5 Å². The first-order valence-electron chi connectivity index (χ1n) is 7.70. The van der Waals surface area contributed by atoms with Gasteiger partial charge in [-0.25, -0.2) is 5.43 Å². The number of hydrogen-bond donors (Lipinski definition) is 3. The van der Waals surface area contributed by atoms with E-state index < -0.39 is 6.04 Å². The van der Waals surface area contributed by atoms with Crippen molar-refractivity contribution in [1.29, 1.82) is 0 Å². The van der Waals surface area contributed by atoms with Crippen LogP contribution >= 0.6 is 0 Å². The zero-order chi connectivity index (χ0) is 17.4. The third kappa shape index (κ3) is 5.01. The third-order valence-corrected chi connectivity index (χ3v) is 3.26. The summed E-state index contributed by atoms with van der Waals surface area (Å²) < 4.78 is 5.37. The van der Waals surface area contributed by atoms with Gasteiger partial charge in [0.15, 0.2) is 0 Å². The van der Waals surface area contributed by atoms with Crippen molar-refractivity contribution >= 4 is 17.8 Å². The van der Waals surface area contributed by atoms with Crippen LogP contribution in [-0.2, 0) is 4.79 Å². The Morgan fingerprint density at radius 1 is 1.25 bits per heavy atom. The number of benzene rings is 2. The number of nitrogens with zero attached hydrogens (tertiary/aromatic N) is 1. The minimum Gasteiger partial charge on any atom is -0.507 e. The Hall–Kier alpha value is -3.02. The van der Waals surface area contributed by atoms with Crippen molar-refractivity contribution in [2.24, 2.45) is 5.10 Å². The predicted molar refractivity (Wildman–Crippen MR) is 94.5 cm³/mol. The molecule has 1 amide bonds. The quantitative estimate of drug-likeness (QED) is 0.539. The number of amides is 1. The van der Waals surface area contributed by atoms with E-state index in [1.54, 1.807) is 31.2 Å². The Morgan fingerprint density at radius 3 is 2.62 bits per heavy atom. The lowest BCUT2D eigenvalue weighted by molar-refractivity contribution is -0.121. The number of phenolic OH excluding ortho intramolecular Hbond substituents is 1. The maximum Gasteiger partial charge on any atom is 0.262 e. The number of ether oxygens (including phenoxy) is 1. The van der Waals surface area contributed by atoms with Gasteiger partial charge < -0.3 is 15.2 Å². The molecule has 0 spiro atoms. The third-order valence-electron chi connectivity index (χ3n) is 3.26. The lowest BCUT2D eigenvalue weighted by atomic mass is 10.2. The van der Waals surface area contributed by atoms with Crippen molar-refractivity contribution < 1.29 is 14.6 Å². The number of anilines is 1. The number of hydrogen-bond acceptors (Lipinski definition) is 5. The summed E-state index contributed by atoms with van der Waals surface area (Å²) in [6.45, 7) is 4.27.